The van der Waals surface area contributed by atoms with Crippen LogP contribution >= 0.6 is 11.3 Å². The minimum absolute atomic E-state index is 0.00874. The lowest BCUT2D eigenvalue weighted by atomic mass is 10.0. The Morgan fingerprint density at radius 1 is 1.41 bits per heavy atom. The van der Waals surface area contributed by atoms with Crippen molar-refractivity contribution in [2.45, 2.75) is 25.3 Å². The topological polar surface area (TPSA) is 88.1 Å². The first-order valence-corrected chi connectivity index (χ1v) is 7.96. The summed E-state index contributed by atoms with van der Waals surface area (Å²) >= 11 is 1.51. The van der Waals surface area contributed by atoms with Crippen molar-refractivity contribution in [2.24, 2.45) is 7.05 Å². The van der Waals surface area contributed by atoms with Crippen LogP contribution in [0, 0.1) is 0 Å². The number of nitrogens with one attached hydrogen (secondary N) is 1. The molecule has 0 spiro atoms. The van der Waals surface area contributed by atoms with E-state index in [0.29, 0.717) is 6.54 Å². The molecular formula is C14H16N4O3S. The van der Waals surface area contributed by atoms with Gasteiger partial charge in [-0.1, -0.05) is 0 Å². The Labute approximate surface area is 130 Å². The smallest absolute Gasteiger partial charge is 0.328 e. The lowest BCUT2D eigenvalue weighted by Crippen LogP contribution is -2.42. The largest absolute Gasteiger partial charge is 0.329 e. The number of hydrogen-bond acceptors (Lipinski definition) is 5. The maximum absolute atomic E-state index is 12.8. The van der Waals surface area contributed by atoms with Gasteiger partial charge < -0.3 is 9.47 Å². The number of carbonyl (C=O) groups excluding carboxylic acids is 1. The minimum atomic E-state index is -0.642. The van der Waals surface area contributed by atoms with E-state index in [1.54, 1.807) is 11.1 Å². The molecule has 1 aliphatic rings. The van der Waals surface area contributed by atoms with E-state index in [1.165, 1.54) is 29.1 Å². The second kappa shape index (κ2) is 5.88. The molecule has 0 aromatic carbocycles. The Kier molecular flexibility index (Phi) is 3.93. The summed E-state index contributed by atoms with van der Waals surface area (Å²) in [5.41, 5.74) is -1.18. The Morgan fingerprint density at radius 2 is 2.23 bits per heavy atom. The molecule has 1 saturated heterocycles. The van der Waals surface area contributed by atoms with Crippen molar-refractivity contribution in [3.8, 4) is 0 Å². The third-order valence-corrected chi connectivity index (χ3v) is 4.72. The summed E-state index contributed by atoms with van der Waals surface area (Å²) < 4.78 is 1.21. The molecule has 3 heterocycles. The normalized spacial score (nSPS) is 18.4. The van der Waals surface area contributed by atoms with E-state index in [4.69, 9.17) is 0 Å². The molecule has 7 nitrogen and oxygen atoms in total. The molecule has 8 heteroatoms. The maximum atomic E-state index is 12.8. The molecule has 1 aliphatic heterocycles. The number of likely N-dealkylation sites (tertiary alicyclic amines) is 1. The summed E-state index contributed by atoms with van der Waals surface area (Å²) in [4.78, 5) is 44.3. The highest BCUT2D eigenvalue weighted by atomic mass is 32.1. The molecule has 0 saturated carbocycles. The van der Waals surface area contributed by atoms with Gasteiger partial charge in [-0.2, -0.15) is 0 Å². The van der Waals surface area contributed by atoms with Crippen LogP contribution in [-0.4, -0.2) is 31.9 Å². The Bertz CT molecular complexity index is 793. The van der Waals surface area contributed by atoms with Crippen LogP contribution in [0.3, 0.4) is 0 Å². The second-order valence-electron chi connectivity index (χ2n) is 5.29. The molecule has 0 radical (unpaired) electrons. The van der Waals surface area contributed by atoms with Crippen molar-refractivity contribution in [1.29, 1.82) is 0 Å². The number of thiazole rings is 1. The number of hydrogen-bond donors (Lipinski definition) is 1. The van der Waals surface area contributed by atoms with Crippen molar-refractivity contribution >= 4 is 17.2 Å². The molecule has 3 rings (SSSR count). The van der Waals surface area contributed by atoms with Crippen LogP contribution in [0.5, 0.6) is 0 Å². The fourth-order valence-electron chi connectivity index (χ4n) is 2.70. The molecule has 0 aliphatic carbocycles. The van der Waals surface area contributed by atoms with E-state index in [2.05, 4.69) is 9.97 Å². The van der Waals surface area contributed by atoms with Crippen LogP contribution in [0.1, 0.15) is 40.7 Å². The van der Waals surface area contributed by atoms with Crippen LogP contribution in [0.25, 0.3) is 0 Å². The zero-order chi connectivity index (χ0) is 15.7. The number of piperidine rings is 1. The Hall–Kier alpha value is -2.22. The molecule has 2 aromatic rings. The molecule has 1 fully saturated rings. The zero-order valence-corrected chi connectivity index (χ0v) is 12.9. The van der Waals surface area contributed by atoms with Crippen molar-refractivity contribution in [3.63, 3.8) is 0 Å². The quantitative estimate of drug-likeness (QED) is 0.890. The molecule has 116 valence electrons. The number of aromatic nitrogens is 3. The Balaban J connectivity index is 1.98. The van der Waals surface area contributed by atoms with Crippen molar-refractivity contribution in [3.05, 3.63) is 49.2 Å². The third kappa shape index (κ3) is 2.61. The van der Waals surface area contributed by atoms with Gasteiger partial charge in [-0.05, 0) is 19.3 Å². The summed E-state index contributed by atoms with van der Waals surface area (Å²) in [6.45, 7) is 0.589. The second-order valence-corrected chi connectivity index (χ2v) is 6.22. The predicted octanol–water partition coefficient (Wildman–Crippen LogP) is 0.897. The minimum Gasteiger partial charge on any atom is -0.329 e. The number of nitrogens with zero attached hydrogens (tertiary/aromatic N) is 3. The molecule has 22 heavy (non-hydrogen) atoms. The highest BCUT2D eigenvalue weighted by Gasteiger charge is 2.31. The van der Waals surface area contributed by atoms with E-state index < -0.39 is 11.2 Å². The van der Waals surface area contributed by atoms with Crippen LogP contribution < -0.4 is 11.2 Å². The van der Waals surface area contributed by atoms with Crippen LogP contribution in [0.4, 0.5) is 0 Å². The van der Waals surface area contributed by atoms with Gasteiger partial charge in [0, 0.05) is 31.4 Å². The van der Waals surface area contributed by atoms with Gasteiger partial charge in [0.2, 0.25) is 0 Å². The number of rotatable bonds is 2. The van der Waals surface area contributed by atoms with Crippen molar-refractivity contribution in [1.82, 2.24) is 19.4 Å². The average molecular weight is 320 g/mol. The van der Waals surface area contributed by atoms with E-state index >= 15 is 0 Å². The number of H-pyrrole nitrogens is 1. The number of carbonyl (C=O) groups is 1. The first-order valence-electron chi connectivity index (χ1n) is 7.08. The summed E-state index contributed by atoms with van der Waals surface area (Å²) in [7, 11) is 1.50. The van der Waals surface area contributed by atoms with Gasteiger partial charge in [0.05, 0.1) is 6.04 Å². The van der Waals surface area contributed by atoms with Crippen LogP contribution in [-0.2, 0) is 7.05 Å². The first kappa shape index (κ1) is 14.7. The molecular weight excluding hydrogens is 304 g/mol. The number of amides is 1. The van der Waals surface area contributed by atoms with Gasteiger partial charge in [-0.3, -0.25) is 14.6 Å². The van der Waals surface area contributed by atoms with Gasteiger partial charge in [-0.25, -0.2) is 9.78 Å². The van der Waals surface area contributed by atoms with E-state index in [-0.39, 0.29) is 17.5 Å². The number of aryl methyl sites for hydroxylation is 1. The van der Waals surface area contributed by atoms with Crippen molar-refractivity contribution < 1.29 is 4.79 Å². The highest BCUT2D eigenvalue weighted by Crippen LogP contribution is 2.32. The summed E-state index contributed by atoms with van der Waals surface area (Å²) in [5, 5.41) is 2.76. The van der Waals surface area contributed by atoms with Gasteiger partial charge in [-0.15, -0.1) is 11.3 Å². The van der Waals surface area contributed by atoms with Gasteiger partial charge >= 0.3 is 5.69 Å². The van der Waals surface area contributed by atoms with E-state index in [1.807, 2.05) is 5.38 Å². The standard InChI is InChI=1S/C14H16N4O3S/c1-17-8-9(11(19)16-14(17)21)13(20)18-6-3-2-4-10(18)12-15-5-7-22-12/h5,7-8,10H,2-4,6H2,1H3,(H,16,19,21)/t10-/m0/s1. The lowest BCUT2D eigenvalue weighted by molar-refractivity contribution is 0.0608. The lowest BCUT2D eigenvalue weighted by Gasteiger charge is -2.34. The van der Waals surface area contributed by atoms with Gasteiger partial charge in [0.25, 0.3) is 11.5 Å². The maximum Gasteiger partial charge on any atom is 0.328 e. The van der Waals surface area contributed by atoms with Gasteiger partial charge in [0.1, 0.15) is 10.6 Å². The molecule has 1 amide bonds. The summed E-state index contributed by atoms with van der Waals surface area (Å²) in [6.07, 6.45) is 5.78. The highest BCUT2D eigenvalue weighted by molar-refractivity contribution is 7.09. The fraction of sp³-hybridized carbons (Fsp3) is 0.429. The fourth-order valence-corrected chi connectivity index (χ4v) is 3.49. The predicted molar refractivity (Wildman–Crippen MR) is 82.0 cm³/mol. The van der Waals surface area contributed by atoms with E-state index in [9.17, 15) is 14.4 Å². The number of aromatic amines is 1. The average Bonchev–Trinajstić information content (AvgIpc) is 3.04. The first-order chi connectivity index (χ1) is 10.6. The van der Waals surface area contributed by atoms with Crippen LogP contribution in [0.15, 0.2) is 27.4 Å². The zero-order valence-electron chi connectivity index (χ0n) is 12.1. The van der Waals surface area contributed by atoms with E-state index in [0.717, 1.165) is 24.3 Å². The van der Waals surface area contributed by atoms with Gasteiger partial charge in [0.15, 0.2) is 0 Å². The van der Waals surface area contributed by atoms with Crippen LogP contribution in [0.2, 0.25) is 0 Å². The summed E-state index contributed by atoms with van der Waals surface area (Å²) in [5.74, 6) is -0.350. The third-order valence-electron chi connectivity index (χ3n) is 3.84. The molecule has 2 aromatic heterocycles. The Morgan fingerprint density at radius 3 is 2.95 bits per heavy atom. The SMILES string of the molecule is Cn1cc(C(=O)N2CCCC[C@H]2c2nccs2)c(=O)[nH]c1=O. The van der Waals surface area contributed by atoms with Crippen molar-refractivity contribution in [2.75, 3.05) is 6.54 Å². The summed E-state index contributed by atoms with van der Waals surface area (Å²) in [6, 6.07) is -0.0992. The molecule has 1 atom stereocenters. The molecule has 0 unspecified atom stereocenters. The monoisotopic (exact) mass is 320 g/mol. The molecule has 0 bridgehead atoms. The molecule has 1 N–H and O–H groups in total.